The van der Waals surface area contributed by atoms with Gasteiger partial charge in [0.1, 0.15) is 6.04 Å². The molecule has 1 heterocycles. The Morgan fingerprint density at radius 1 is 1.12 bits per heavy atom. The fourth-order valence-electron chi connectivity index (χ4n) is 3.70. The Bertz CT molecular complexity index is 1040. The van der Waals surface area contributed by atoms with Crippen LogP contribution in [0.3, 0.4) is 0 Å². The molecule has 2 aromatic carbocycles. The summed E-state index contributed by atoms with van der Waals surface area (Å²) in [6.45, 7) is 7.32. The molecule has 3 rings (SSSR count). The Morgan fingerprint density at radius 3 is 2.39 bits per heavy atom. The number of aryl methyl sites for hydroxylation is 1. The Hall–Kier alpha value is -3.75. The van der Waals surface area contributed by atoms with E-state index in [4.69, 9.17) is 0 Å². The lowest BCUT2D eigenvalue weighted by atomic mass is 10.0. The van der Waals surface area contributed by atoms with E-state index < -0.39 is 16.9 Å². The maximum Gasteiger partial charge on any atom is 0.270 e. The Labute approximate surface area is 193 Å². The average Bonchev–Trinajstić information content (AvgIpc) is 3.32. The first-order chi connectivity index (χ1) is 15.8. The minimum atomic E-state index is -0.792. The number of nitrogens with one attached hydrogen (secondary N) is 2. The van der Waals surface area contributed by atoms with Gasteiger partial charge in [0.05, 0.1) is 11.1 Å². The molecule has 33 heavy (non-hydrogen) atoms. The molecule has 2 amide bonds. The van der Waals surface area contributed by atoms with Gasteiger partial charge in [-0.25, -0.2) is 5.43 Å². The molecule has 2 N–H and O–H groups in total. The van der Waals surface area contributed by atoms with Crippen LogP contribution in [0, 0.1) is 23.0 Å². The molecular weight excluding hydrogens is 422 g/mol. The summed E-state index contributed by atoms with van der Waals surface area (Å²) in [5.41, 5.74) is 5.32. The molecule has 2 aromatic rings. The minimum absolute atomic E-state index is 0.0452. The van der Waals surface area contributed by atoms with Crippen LogP contribution in [0.2, 0.25) is 0 Å². The average molecular weight is 452 g/mol. The Balaban J connectivity index is 1.72. The van der Waals surface area contributed by atoms with Crippen LogP contribution in [0.5, 0.6) is 0 Å². The molecule has 1 aliphatic heterocycles. The second kappa shape index (κ2) is 10.7. The largest absolute Gasteiger partial charge is 0.371 e. The molecule has 0 aromatic heterocycles. The van der Waals surface area contributed by atoms with Crippen LogP contribution >= 0.6 is 0 Å². The number of nitro groups is 1. The molecule has 0 saturated carbocycles. The number of non-ortho nitro benzene ring substituents is 1. The third-order valence-corrected chi connectivity index (χ3v) is 5.60. The smallest absolute Gasteiger partial charge is 0.270 e. The SMILES string of the molecule is Cc1ccc(C(=O)NC(C(=O)N/N=C/c2cc([N+](=O)[O-])ccc2N2CCCC2)C(C)C)cc1. The van der Waals surface area contributed by atoms with Crippen molar-refractivity contribution in [2.75, 3.05) is 18.0 Å². The number of hydrogen-bond donors (Lipinski definition) is 2. The van der Waals surface area contributed by atoms with Crippen molar-refractivity contribution in [1.29, 1.82) is 0 Å². The van der Waals surface area contributed by atoms with Gasteiger partial charge in [0.25, 0.3) is 17.5 Å². The Morgan fingerprint density at radius 2 is 1.79 bits per heavy atom. The van der Waals surface area contributed by atoms with Gasteiger partial charge in [-0.2, -0.15) is 5.10 Å². The van der Waals surface area contributed by atoms with Crippen molar-refractivity contribution in [3.05, 3.63) is 69.3 Å². The van der Waals surface area contributed by atoms with Gasteiger partial charge in [0.15, 0.2) is 0 Å². The van der Waals surface area contributed by atoms with E-state index in [9.17, 15) is 19.7 Å². The van der Waals surface area contributed by atoms with Crippen molar-refractivity contribution in [2.45, 2.75) is 39.7 Å². The number of anilines is 1. The van der Waals surface area contributed by atoms with Crippen LogP contribution < -0.4 is 15.6 Å². The van der Waals surface area contributed by atoms with E-state index in [1.165, 1.54) is 18.3 Å². The van der Waals surface area contributed by atoms with Crippen molar-refractivity contribution in [3.63, 3.8) is 0 Å². The van der Waals surface area contributed by atoms with Crippen molar-refractivity contribution >= 4 is 29.4 Å². The van der Waals surface area contributed by atoms with Gasteiger partial charge in [-0.3, -0.25) is 19.7 Å². The van der Waals surface area contributed by atoms with Crippen molar-refractivity contribution in [2.24, 2.45) is 11.0 Å². The van der Waals surface area contributed by atoms with Crippen LogP contribution in [-0.2, 0) is 4.79 Å². The predicted octanol–water partition coefficient (Wildman–Crippen LogP) is 3.41. The number of hydrazone groups is 1. The highest BCUT2D eigenvalue weighted by Crippen LogP contribution is 2.27. The predicted molar refractivity (Wildman–Crippen MR) is 128 cm³/mol. The van der Waals surface area contributed by atoms with Gasteiger partial charge in [-0.15, -0.1) is 0 Å². The van der Waals surface area contributed by atoms with E-state index in [-0.39, 0.29) is 17.5 Å². The summed E-state index contributed by atoms with van der Waals surface area (Å²) < 4.78 is 0. The van der Waals surface area contributed by atoms with Crippen molar-refractivity contribution < 1.29 is 14.5 Å². The lowest BCUT2D eigenvalue weighted by Crippen LogP contribution is -2.48. The van der Waals surface area contributed by atoms with Gasteiger partial charge in [0, 0.05) is 42.0 Å². The number of benzene rings is 2. The van der Waals surface area contributed by atoms with Crippen molar-refractivity contribution in [3.8, 4) is 0 Å². The highest BCUT2D eigenvalue weighted by molar-refractivity contribution is 5.98. The van der Waals surface area contributed by atoms with E-state index >= 15 is 0 Å². The molecular formula is C24H29N5O4. The molecule has 1 fully saturated rings. The van der Waals surface area contributed by atoms with E-state index in [1.54, 1.807) is 18.2 Å². The molecule has 0 spiro atoms. The summed E-state index contributed by atoms with van der Waals surface area (Å²) in [4.78, 5) is 38.2. The van der Waals surface area contributed by atoms with Crippen LogP contribution in [-0.4, -0.2) is 42.1 Å². The van der Waals surface area contributed by atoms with Gasteiger partial charge in [0.2, 0.25) is 0 Å². The second-order valence-corrected chi connectivity index (χ2v) is 8.49. The highest BCUT2D eigenvalue weighted by atomic mass is 16.6. The number of carbonyl (C=O) groups excluding carboxylic acids is 2. The normalized spacial score (nSPS) is 14.5. The van der Waals surface area contributed by atoms with Gasteiger partial charge < -0.3 is 10.2 Å². The van der Waals surface area contributed by atoms with Crippen LogP contribution in [0.15, 0.2) is 47.6 Å². The molecule has 174 valence electrons. The maximum absolute atomic E-state index is 12.8. The third-order valence-electron chi connectivity index (χ3n) is 5.60. The topological polar surface area (TPSA) is 117 Å². The van der Waals surface area contributed by atoms with Crippen molar-refractivity contribution in [1.82, 2.24) is 10.7 Å². The first-order valence-electron chi connectivity index (χ1n) is 11.0. The van der Waals surface area contributed by atoms with E-state index in [0.717, 1.165) is 37.2 Å². The van der Waals surface area contributed by atoms with Gasteiger partial charge in [-0.1, -0.05) is 31.5 Å². The summed E-state index contributed by atoms with van der Waals surface area (Å²) in [6.07, 6.45) is 3.53. The molecule has 9 nitrogen and oxygen atoms in total. The molecule has 1 saturated heterocycles. The van der Waals surface area contributed by atoms with Gasteiger partial charge >= 0.3 is 0 Å². The first-order valence-corrected chi connectivity index (χ1v) is 11.0. The molecule has 1 aliphatic rings. The molecule has 0 bridgehead atoms. The van der Waals surface area contributed by atoms with Gasteiger partial charge in [-0.05, 0) is 43.9 Å². The lowest BCUT2D eigenvalue weighted by molar-refractivity contribution is -0.384. The monoisotopic (exact) mass is 451 g/mol. The number of amides is 2. The molecule has 1 unspecified atom stereocenters. The third kappa shape index (κ3) is 6.15. The van der Waals surface area contributed by atoms with Crippen LogP contribution in [0.4, 0.5) is 11.4 Å². The zero-order valence-corrected chi connectivity index (χ0v) is 19.1. The van der Waals surface area contributed by atoms with E-state index in [1.807, 2.05) is 32.9 Å². The maximum atomic E-state index is 12.8. The number of carbonyl (C=O) groups is 2. The number of rotatable bonds is 8. The quantitative estimate of drug-likeness (QED) is 0.362. The molecule has 0 radical (unpaired) electrons. The fraction of sp³-hybridized carbons (Fsp3) is 0.375. The number of hydrogen-bond acceptors (Lipinski definition) is 6. The fourth-order valence-corrected chi connectivity index (χ4v) is 3.70. The van der Waals surface area contributed by atoms with Crippen LogP contribution in [0.1, 0.15) is 48.2 Å². The number of nitro benzene ring substituents is 1. The molecule has 0 aliphatic carbocycles. The summed E-state index contributed by atoms with van der Waals surface area (Å²) in [5.74, 6) is -0.981. The first kappa shape index (κ1) is 23.9. The zero-order chi connectivity index (χ0) is 24.0. The highest BCUT2D eigenvalue weighted by Gasteiger charge is 2.25. The number of nitrogens with zero attached hydrogens (tertiary/aromatic N) is 3. The van der Waals surface area contributed by atoms with E-state index in [0.29, 0.717) is 11.1 Å². The summed E-state index contributed by atoms with van der Waals surface area (Å²) >= 11 is 0. The summed E-state index contributed by atoms with van der Waals surface area (Å²) in [5, 5.41) is 18.0. The molecule has 1 atom stereocenters. The molecule has 9 heteroatoms. The summed E-state index contributed by atoms with van der Waals surface area (Å²) in [6, 6.07) is 10.9. The van der Waals surface area contributed by atoms with Crippen LogP contribution in [0.25, 0.3) is 0 Å². The van der Waals surface area contributed by atoms with E-state index in [2.05, 4.69) is 20.7 Å². The Kier molecular flexibility index (Phi) is 7.76. The lowest BCUT2D eigenvalue weighted by Gasteiger charge is -2.21. The zero-order valence-electron chi connectivity index (χ0n) is 19.1. The minimum Gasteiger partial charge on any atom is -0.371 e. The standard InChI is InChI=1S/C24H29N5O4/c1-16(2)22(26-23(30)18-8-6-17(3)7-9-18)24(31)27-25-15-19-14-20(29(32)33)10-11-21(19)28-12-4-5-13-28/h6-11,14-16,22H,4-5,12-13H2,1-3H3,(H,26,30)(H,27,31)/b25-15+. The second-order valence-electron chi connectivity index (χ2n) is 8.49. The summed E-state index contributed by atoms with van der Waals surface area (Å²) in [7, 11) is 0.